The first-order valence-electron chi connectivity index (χ1n) is 7.55. The Hall–Kier alpha value is -2.53. The molecule has 0 spiro atoms. The summed E-state index contributed by atoms with van der Waals surface area (Å²) in [5.41, 5.74) is 4.43. The molecule has 2 aromatic carbocycles. The lowest BCUT2D eigenvalue weighted by atomic mass is 10.1. The molecule has 0 fully saturated rings. The van der Waals surface area contributed by atoms with Gasteiger partial charge in [0.05, 0.1) is 5.69 Å². The second kappa shape index (κ2) is 6.53. The minimum Gasteiger partial charge on any atom is -0.321 e. The van der Waals surface area contributed by atoms with Gasteiger partial charge in [0, 0.05) is 11.3 Å². The number of anilines is 1. The molecule has 0 atom stereocenters. The highest BCUT2D eigenvalue weighted by Crippen LogP contribution is 2.28. The molecule has 3 rings (SSSR count). The normalized spacial score (nSPS) is 10.7. The zero-order valence-corrected chi connectivity index (χ0v) is 14.5. The molecule has 0 saturated heterocycles. The highest BCUT2D eigenvalue weighted by atomic mass is 32.1. The van der Waals surface area contributed by atoms with Gasteiger partial charge in [0.25, 0.3) is 5.91 Å². The van der Waals surface area contributed by atoms with E-state index in [1.165, 1.54) is 23.5 Å². The molecule has 0 aliphatic carbocycles. The first-order valence-corrected chi connectivity index (χ1v) is 8.37. The van der Waals surface area contributed by atoms with E-state index >= 15 is 0 Å². The van der Waals surface area contributed by atoms with Crippen LogP contribution in [0, 0.1) is 26.6 Å². The summed E-state index contributed by atoms with van der Waals surface area (Å²) in [5, 5.41) is 3.63. The van der Waals surface area contributed by atoms with E-state index in [-0.39, 0.29) is 11.7 Å². The maximum atomic E-state index is 13.0. The smallest absolute Gasteiger partial charge is 0.267 e. The Labute approximate surface area is 144 Å². The van der Waals surface area contributed by atoms with Gasteiger partial charge in [0.2, 0.25) is 0 Å². The number of aryl methyl sites for hydroxylation is 3. The summed E-state index contributed by atoms with van der Waals surface area (Å²) >= 11 is 1.31. The molecule has 0 radical (unpaired) electrons. The van der Waals surface area contributed by atoms with Gasteiger partial charge in [0.15, 0.2) is 0 Å². The molecule has 1 amide bonds. The van der Waals surface area contributed by atoms with Crippen LogP contribution in [0.5, 0.6) is 0 Å². The molecule has 0 saturated carbocycles. The van der Waals surface area contributed by atoms with Crippen molar-refractivity contribution in [2.75, 3.05) is 5.32 Å². The number of thiazole rings is 1. The van der Waals surface area contributed by atoms with Gasteiger partial charge in [-0.15, -0.1) is 11.3 Å². The molecule has 1 aromatic heterocycles. The molecule has 0 aliphatic rings. The predicted molar refractivity (Wildman–Crippen MR) is 96.1 cm³/mol. The third kappa shape index (κ3) is 3.51. The van der Waals surface area contributed by atoms with Crippen LogP contribution in [-0.4, -0.2) is 10.9 Å². The van der Waals surface area contributed by atoms with E-state index in [2.05, 4.69) is 16.4 Å². The molecule has 0 bridgehead atoms. The second-order valence-corrected chi connectivity index (χ2v) is 6.77. The first-order chi connectivity index (χ1) is 11.4. The average molecular weight is 340 g/mol. The maximum Gasteiger partial charge on any atom is 0.267 e. The van der Waals surface area contributed by atoms with Gasteiger partial charge in [-0.25, -0.2) is 9.37 Å². The number of hydrogen-bond acceptors (Lipinski definition) is 3. The number of nitrogens with one attached hydrogen (secondary N) is 1. The van der Waals surface area contributed by atoms with Crippen LogP contribution >= 0.6 is 11.3 Å². The number of halogens is 1. The van der Waals surface area contributed by atoms with Gasteiger partial charge >= 0.3 is 0 Å². The lowest BCUT2D eigenvalue weighted by Crippen LogP contribution is -2.11. The third-order valence-electron chi connectivity index (χ3n) is 3.57. The molecular weight excluding hydrogens is 323 g/mol. The molecule has 24 heavy (non-hydrogen) atoms. The highest BCUT2D eigenvalue weighted by Gasteiger charge is 2.16. The number of hydrogen-bond donors (Lipinski definition) is 1. The Morgan fingerprint density at radius 3 is 2.29 bits per heavy atom. The average Bonchev–Trinajstić information content (AvgIpc) is 2.89. The zero-order valence-electron chi connectivity index (χ0n) is 13.7. The molecule has 3 aromatic rings. The van der Waals surface area contributed by atoms with Crippen molar-refractivity contribution < 1.29 is 9.18 Å². The van der Waals surface area contributed by atoms with Crippen molar-refractivity contribution in [3.05, 3.63) is 70.0 Å². The van der Waals surface area contributed by atoms with E-state index in [1.807, 2.05) is 26.0 Å². The minimum atomic E-state index is -0.292. The Bertz CT molecular complexity index is 880. The number of carbonyl (C=O) groups is 1. The number of carbonyl (C=O) groups excluding carboxylic acids is 1. The van der Waals surface area contributed by atoms with E-state index in [0.717, 1.165) is 22.4 Å². The van der Waals surface area contributed by atoms with Gasteiger partial charge in [-0.05, 0) is 68.3 Å². The lowest BCUT2D eigenvalue weighted by molar-refractivity contribution is 0.103. The Morgan fingerprint density at radius 1 is 1.04 bits per heavy atom. The Kier molecular flexibility index (Phi) is 4.44. The topological polar surface area (TPSA) is 42.0 Å². The molecule has 1 heterocycles. The molecule has 0 aliphatic heterocycles. The lowest BCUT2D eigenvalue weighted by Gasteiger charge is -2.06. The third-order valence-corrected chi connectivity index (χ3v) is 4.78. The fourth-order valence-corrected chi connectivity index (χ4v) is 3.52. The van der Waals surface area contributed by atoms with Crippen molar-refractivity contribution in [3.8, 4) is 10.6 Å². The largest absolute Gasteiger partial charge is 0.321 e. The van der Waals surface area contributed by atoms with Crippen LogP contribution in [0.3, 0.4) is 0 Å². The fourth-order valence-electron chi connectivity index (χ4n) is 2.56. The molecule has 1 N–H and O–H groups in total. The van der Waals surface area contributed by atoms with E-state index in [9.17, 15) is 9.18 Å². The Morgan fingerprint density at radius 2 is 1.67 bits per heavy atom. The highest BCUT2D eigenvalue weighted by molar-refractivity contribution is 7.17. The number of benzene rings is 2. The van der Waals surface area contributed by atoms with Gasteiger partial charge in [-0.1, -0.05) is 6.07 Å². The monoisotopic (exact) mass is 340 g/mol. The van der Waals surface area contributed by atoms with Crippen LogP contribution < -0.4 is 5.32 Å². The van der Waals surface area contributed by atoms with Crippen molar-refractivity contribution in [1.82, 2.24) is 4.98 Å². The van der Waals surface area contributed by atoms with Crippen LogP contribution in [0.1, 0.15) is 26.5 Å². The fraction of sp³-hybridized carbons (Fsp3) is 0.158. The van der Waals surface area contributed by atoms with Crippen LogP contribution in [0.4, 0.5) is 10.1 Å². The van der Waals surface area contributed by atoms with Crippen molar-refractivity contribution >= 4 is 22.9 Å². The standard InChI is InChI=1S/C19H17FN2OS/c1-11-8-12(2)10-16(9-11)22-18(23)17-13(3)21-19(24-17)14-4-6-15(20)7-5-14/h4-10H,1-3H3,(H,22,23). The molecule has 122 valence electrons. The quantitative estimate of drug-likeness (QED) is 0.718. The Balaban J connectivity index is 1.86. The molecule has 3 nitrogen and oxygen atoms in total. The van der Waals surface area contributed by atoms with E-state index in [0.29, 0.717) is 15.6 Å². The number of aromatic nitrogens is 1. The van der Waals surface area contributed by atoms with Gasteiger partial charge < -0.3 is 5.32 Å². The minimum absolute atomic E-state index is 0.177. The summed E-state index contributed by atoms with van der Waals surface area (Å²) in [6.07, 6.45) is 0. The van der Waals surface area contributed by atoms with Crippen LogP contribution in [0.2, 0.25) is 0 Å². The SMILES string of the molecule is Cc1cc(C)cc(NC(=O)c2sc(-c3ccc(F)cc3)nc2C)c1. The molecule has 0 unspecified atom stereocenters. The van der Waals surface area contributed by atoms with Crippen LogP contribution in [-0.2, 0) is 0 Å². The number of rotatable bonds is 3. The number of nitrogens with zero attached hydrogens (tertiary/aromatic N) is 1. The van der Waals surface area contributed by atoms with E-state index in [1.54, 1.807) is 19.1 Å². The molecule has 5 heteroatoms. The summed E-state index contributed by atoms with van der Waals surface area (Å²) in [7, 11) is 0. The summed E-state index contributed by atoms with van der Waals surface area (Å²) in [6, 6.07) is 12.0. The zero-order chi connectivity index (χ0) is 17.3. The van der Waals surface area contributed by atoms with Crippen LogP contribution in [0.25, 0.3) is 10.6 Å². The summed E-state index contributed by atoms with van der Waals surface area (Å²) in [5.74, 6) is -0.469. The second-order valence-electron chi connectivity index (χ2n) is 5.77. The van der Waals surface area contributed by atoms with Crippen molar-refractivity contribution in [3.63, 3.8) is 0 Å². The van der Waals surface area contributed by atoms with Gasteiger partial charge in [-0.3, -0.25) is 4.79 Å². The summed E-state index contributed by atoms with van der Waals surface area (Å²) in [6.45, 7) is 5.79. The van der Waals surface area contributed by atoms with Crippen LogP contribution in [0.15, 0.2) is 42.5 Å². The summed E-state index contributed by atoms with van der Waals surface area (Å²) in [4.78, 5) is 17.6. The maximum absolute atomic E-state index is 13.0. The van der Waals surface area contributed by atoms with Gasteiger partial charge in [0.1, 0.15) is 15.7 Å². The van der Waals surface area contributed by atoms with E-state index in [4.69, 9.17) is 0 Å². The van der Waals surface area contributed by atoms with Gasteiger partial charge in [-0.2, -0.15) is 0 Å². The van der Waals surface area contributed by atoms with Crippen molar-refractivity contribution in [1.29, 1.82) is 0 Å². The first kappa shape index (κ1) is 16.3. The number of amides is 1. The van der Waals surface area contributed by atoms with Crippen molar-refractivity contribution in [2.45, 2.75) is 20.8 Å². The molecular formula is C19H17FN2OS. The predicted octanol–water partition coefficient (Wildman–Crippen LogP) is 5.13. The van der Waals surface area contributed by atoms with Crippen molar-refractivity contribution in [2.24, 2.45) is 0 Å². The van der Waals surface area contributed by atoms with E-state index < -0.39 is 0 Å². The summed E-state index contributed by atoms with van der Waals surface area (Å²) < 4.78 is 13.0.